The van der Waals surface area contributed by atoms with Crippen molar-refractivity contribution in [1.29, 1.82) is 0 Å². The van der Waals surface area contributed by atoms with E-state index in [1.807, 2.05) is 18.2 Å². The maximum atomic E-state index is 10.7. The zero-order valence-electron chi connectivity index (χ0n) is 10.8. The SMILES string of the molecule is CCCOCC1(O)CCC(C)c2ccccc21. The van der Waals surface area contributed by atoms with Crippen LogP contribution in [0.3, 0.4) is 0 Å². The van der Waals surface area contributed by atoms with E-state index in [1.54, 1.807) is 0 Å². The van der Waals surface area contributed by atoms with E-state index in [0.29, 0.717) is 12.5 Å². The summed E-state index contributed by atoms with van der Waals surface area (Å²) >= 11 is 0. The smallest absolute Gasteiger partial charge is 0.113 e. The molecule has 2 rings (SSSR count). The van der Waals surface area contributed by atoms with Crippen molar-refractivity contribution in [2.24, 2.45) is 0 Å². The van der Waals surface area contributed by atoms with E-state index in [4.69, 9.17) is 4.74 Å². The first-order valence-corrected chi connectivity index (χ1v) is 6.57. The molecule has 0 amide bonds. The van der Waals surface area contributed by atoms with Gasteiger partial charge in [-0.2, -0.15) is 0 Å². The molecule has 1 aromatic rings. The second-order valence-electron chi connectivity index (χ2n) is 5.11. The molecule has 2 heteroatoms. The van der Waals surface area contributed by atoms with Gasteiger partial charge in [-0.05, 0) is 36.3 Å². The largest absolute Gasteiger partial charge is 0.383 e. The molecule has 0 aromatic heterocycles. The third-order valence-electron chi connectivity index (χ3n) is 3.67. The summed E-state index contributed by atoms with van der Waals surface area (Å²) in [4.78, 5) is 0. The van der Waals surface area contributed by atoms with Crippen LogP contribution in [0.15, 0.2) is 24.3 Å². The second kappa shape index (κ2) is 5.19. The molecule has 1 aliphatic rings. The average molecular weight is 234 g/mol. The molecule has 0 saturated carbocycles. The zero-order valence-corrected chi connectivity index (χ0v) is 10.8. The highest BCUT2D eigenvalue weighted by atomic mass is 16.5. The Labute approximate surface area is 104 Å². The van der Waals surface area contributed by atoms with Crippen molar-refractivity contribution in [2.75, 3.05) is 13.2 Å². The van der Waals surface area contributed by atoms with Gasteiger partial charge in [-0.25, -0.2) is 0 Å². The fraction of sp³-hybridized carbons (Fsp3) is 0.600. The first-order valence-electron chi connectivity index (χ1n) is 6.57. The molecule has 94 valence electrons. The van der Waals surface area contributed by atoms with Gasteiger partial charge in [-0.15, -0.1) is 0 Å². The summed E-state index contributed by atoms with van der Waals surface area (Å²) in [5, 5.41) is 10.7. The van der Waals surface area contributed by atoms with Crippen LogP contribution in [0.5, 0.6) is 0 Å². The minimum absolute atomic E-state index is 0.421. The molecule has 2 nitrogen and oxygen atoms in total. The van der Waals surface area contributed by atoms with Gasteiger partial charge >= 0.3 is 0 Å². The molecule has 0 fully saturated rings. The van der Waals surface area contributed by atoms with Crippen LogP contribution in [0, 0.1) is 0 Å². The lowest BCUT2D eigenvalue weighted by Gasteiger charge is -2.37. The first-order chi connectivity index (χ1) is 8.17. The van der Waals surface area contributed by atoms with Crippen LogP contribution in [0.4, 0.5) is 0 Å². The quantitative estimate of drug-likeness (QED) is 0.811. The van der Waals surface area contributed by atoms with Crippen LogP contribution < -0.4 is 0 Å². The van der Waals surface area contributed by atoms with Crippen molar-refractivity contribution in [3.05, 3.63) is 35.4 Å². The number of hydrogen-bond acceptors (Lipinski definition) is 2. The maximum absolute atomic E-state index is 10.7. The summed E-state index contributed by atoms with van der Waals surface area (Å²) in [6.45, 7) is 5.46. The minimum Gasteiger partial charge on any atom is -0.383 e. The van der Waals surface area contributed by atoms with Gasteiger partial charge in [0.25, 0.3) is 0 Å². The van der Waals surface area contributed by atoms with Crippen LogP contribution in [0.1, 0.15) is 50.2 Å². The Kier molecular flexibility index (Phi) is 3.85. The third-order valence-corrected chi connectivity index (χ3v) is 3.67. The number of ether oxygens (including phenoxy) is 1. The minimum atomic E-state index is -0.779. The van der Waals surface area contributed by atoms with E-state index in [0.717, 1.165) is 31.4 Å². The Morgan fingerprint density at radius 1 is 1.41 bits per heavy atom. The molecule has 0 spiro atoms. The van der Waals surface area contributed by atoms with E-state index >= 15 is 0 Å². The standard InChI is InChI=1S/C15H22O2/c1-3-10-17-11-15(16)9-8-12(2)13-6-4-5-7-14(13)15/h4-7,12,16H,3,8-11H2,1-2H3. The lowest BCUT2D eigenvalue weighted by molar-refractivity contribution is -0.0634. The zero-order chi connectivity index (χ0) is 12.3. The van der Waals surface area contributed by atoms with Crippen molar-refractivity contribution in [3.8, 4) is 0 Å². The first kappa shape index (κ1) is 12.6. The average Bonchev–Trinajstić information content (AvgIpc) is 2.35. The molecular formula is C15H22O2. The van der Waals surface area contributed by atoms with E-state index < -0.39 is 5.60 Å². The summed E-state index contributed by atoms with van der Waals surface area (Å²) in [5.41, 5.74) is 1.56. The molecule has 0 aliphatic heterocycles. The van der Waals surface area contributed by atoms with Gasteiger partial charge in [0.05, 0.1) is 6.61 Å². The van der Waals surface area contributed by atoms with E-state index in [-0.39, 0.29) is 0 Å². The highest BCUT2D eigenvalue weighted by Gasteiger charge is 2.36. The van der Waals surface area contributed by atoms with Gasteiger partial charge in [-0.3, -0.25) is 0 Å². The number of benzene rings is 1. The molecule has 17 heavy (non-hydrogen) atoms. The highest BCUT2D eigenvalue weighted by molar-refractivity contribution is 5.37. The topological polar surface area (TPSA) is 29.5 Å². The van der Waals surface area contributed by atoms with Crippen LogP contribution in [-0.4, -0.2) is 18.3 Å². The molecule has 2 unspecified atom stereocenters. The number of aliphatic hydroxyl groups is 1. The molecule has 1 aromatic carbocycles. The Hall–Kier alpha value is -0.860. The maximum Gasteiger partial charge on any atom is 0.113 e. The predicted octanol–water partition coefficient (Wildman–Crippen LogP) is 3.20. The number of fused-ring (bicyclic) bond motifs is 1. The van der Waals surface area contributed by atoms with Crippen LogP contribution in [-0.2, 0) is 10.3 Å². The van der Waals surface area contributed by atoms with Crippen LogP contribution in [0.25, 0.3) is 0 Å². The summed E-state index contributed by atoms with van der Waals surface area (Å²) in [5.74, 6) is 0.539. The summed E-state index contributed by atoms with van der Waals surface area (Å²) < 4.78 is 5.57. The third kappa shape index (κ3) is 2.53. The van der Waals surface area contributed by atoms with Crippen molar-refractivity contribution >= 4 is 0 Å². The Morgan fingerprint density at radius 3 is 2.94 bits per heavy atom. The van der Waals surface area contributed by atoms with Crippen LogP contribution >= 0.6 is 0 Å². The Balaban J connectivity index is 2.22. The normalized spacial score (nSPS) is 27.8. The summed E-state index contributed by atoms with van der Waals surface area (Å²) in [7, 11) is 0. The fourth-order valence-corrected chi connectivity index (χ4v) is 2.63. The molecule has 0 heterocycles. The molecule has 1 aliphatic carbocycles. The van der Waals surface area contributed by atoms with E-state index in [1.165, 1.54) is 5.56 Å². The van der Waals surface area contributed by atoms with Crippen molar-refractivity contribution in [3.63, 3.8) is 0 Å². The van der Waals surface area contributed by atoms with Crippen molar-refractivity contribution in [2.45, 2.75) is 44.6 Å². The summed E-state index contributed by atoms with van der Waals surface area (Å²) in [6.07, 6.45) is 2.83. The van der Waals surface area contributed by atoms with Gasteiger partial charge in [0.1, 0.15) is 5.60 Å². The summed E-state index contributed by atoms with van der Waals surface area (Å²) in [6, 6.07) is 8.22. The lowest BCUT2D eigenvalue weighted by atomic mass is 9.75. The Bertz CT molecular complexity index is 375. The van der Waals surface area contributed by atoms with Crippen LogP contribution in [0.2, 0.25) is 0 Å². The molecule has 2 atom stereocenters. The van der Waals surface area contributed by atoms with Gasteiger partial charge < -0.3 is 9.84 Å². The Morgan fingerprint density at radius 2 is 2.18 bits per heavy atom. The predicted molar refractivity (Wildman–Crippen MR) is 69.1 cm³/mol. The number of hydrogen-bond donors (Lipinski definition) is 1. The van der Waals surface area contributed by atoms with Gasteiger partial charge in [0.15, 0.2) is 0 Å². The van der Waals surface area contributed by atoms with E-state index in [2.05, 4.69) is 19.9 Å². The van der Waals surface area contributed by atoms with E-state index in [9.17, 15) is 5.11 Å². The van der Waals surface area contributed by atoms with Gasteiger partial charge in [0, 0.05) is 6.61 Å². The number of rotatable bonds is 4. The van der Waals surface area contributed by atoms with Crippen molar-refractivity contribution in [1.82, 2.24) is 0 Å². The molecule has 0 saturated heterocycles. The highest BCUT2D eigenvalue weighted by Crippen LogP contribution is 2.41. The van der Waals surface area contributed by atoms with Gasteiger partial charge in [0.2, 0.25) is 0 Å². The molecule has 0 radical (unpaired) electrons. The molecular weight excluding hydrogens is 212 g/mol. The second-order valence-corrected chi connectivity index (χ2v) is 5.11. The monoisotopic (exact) mass is 234 g/mol. The fourth-order valence-electron chi connectivity index (χ4n) is 2.63. The van der Waals surface area contributed by atoms with Gasteiger partial charge in [-0.1, -0.05) is 38.1 Å². The molecule has 1 N–H and O–H groups in total. The van der Waals surface area contributed by atoms with Crippen molar-refractivity contribution < 1.29 is 9.84 Å². The lowest BCUT2D eigenvalue weighted by Crippen LogP contribution is -2.36. The molecule has 0 bridgehead atoms.